The van der Waals surface area contributed by atoms with Crippen molar-refractivity contribution in [1.82, 2.24) is 9.80 Å². The number of fused-ring (bicyclic) bond motifs is 1. The fourth-order valence-electron chi connectivity index (χ4n) is 3.52. The molecule has 2 heterocycles. The van der Waals surface area contributed by atoms with E-state index in [1.54, 1.807) is 54.6 Å². The molecule has 0 saturated carbocycles. The highest BCUT2D eigenvalue weighted by Crippen LogP contribution is 2.29. The van der Waals surface area contributed by atoms with Gasteiger partial charge in [-0.15, -0.1) is 0 Å². The topological polar surface area (TPSA) is 74.8 Å². The van der Waals surface area contributed by atoms with Gasteiger partial charge in [0.15, 0.2) is 0 Å². The van der Waals surface area contributed by atoms with Crippen LogP contribution in [0.2, 0.25) is 0 Å². The second-order valence-corrected chi connectivity index (χ2v) is 6.34. The summed E-state index contributed by atoms with van der Waals surface area (Å²) in [7, 11) is 0. The SMILES string of the molecule is O=C(c1ccccc1)N1CCC[C@@H](N2C(=O)c3ccccc3C2=O)C1=O. The van der Waals surface area contributed by atoms with Crippen LogP contribution in [0.5, 0.6) is 0 Å². The molecule has 0 aromatic heterocycles. The first-order valence-electron chi connectivity index (χ1n) is 8.47. The van der Waals surface area contributed by atoms with Gasteiger partial charge in [0.1, 0.15) is 6.04 Å². The van der Waals surface area contributed by atoms with Crippen LogP contribution < -0.4 is 0 Å². The zero-order valence-electron chi connectivity index (χ0n) is 13.9. The summed E-state index contributed by atoms with van der Waals surface area (Å²) in [5.41, 5.74) is 1.01. The predicted octanol–water partition coefficient (Wildman–Crippen LogP) is 2.11. The Balaban J connectivity index is 1.63. The molecule has 6 heteroatoms. The lowest BCUT2D eigenvalue weighted by molar-refractivity contribution is -0.135. The maximum atomic E-state index is 12.9. The van der Waals surface area contributed by atoms with Crippen molar-refractivity contribution in [3.8, 4) is 0 Å². The van der Waals surface area contributed by atoms with Crippen molar-refractivity contribution in [3.05, 3.63) is 71.3 Å². The molecule has 0 radical (unpaired) electrons. The number of likely N-dealkylation sites (tertiary alicyclic amines) is 1. The lowest BCUT2D eigenvalue weighted by Gasteiger charge is -2.34. The van der Waals surface area contributed by atoms with Gasteiger partial charge in [-0.25, -0.2) is 0 Å². The maximum absolute atomic E-state index is 12.9. The smallest absolute Gasteiger partial charge is 0.262 e. The number of imide groups is 2. The molecule has 2 aliphatic heterocycles. The van der Waals surface area contributed by atoms with Crippen LogP contribution in [0, 0.1) is 0 Å². The Morgan fingerprint density at radius 3 is 2.04 bits per heavy atom. The lowest BCUT2D eigenvalue weighted by Crippen LogP contribution is -2.55. The monoisotopic (exact) mass is 348 g/mol. The van der Waals surface area contributed by atoms with Crippen LogP contribution in [-0.2, 0) is 4.79 Å². The molecule has 2 aliphatic rings. The number of benzene rings is 2. The van der Waals surface area contributed by atoms with Crippen LogP contribution in [0.15, 0.2) is 54.6 Å². The number of amides is 4. The molecular weight excluding hydrogens is 332 g/mol. The molecule has 4 amide bonds. The summed E-state index contributed by atoms with van der Waals surface area (Å²) in [6.07, 6.45) is 0.908. The van der Waals surface area contributed by atoms with E-state index in [9.17, 15) is 19.2 Å². The van der Waals surface area contributed by atoms with Crippen LogP contribution in [0.4, 0.5) is 0 Å². The standard InChI is InChI=1S/C20H16N2O4/c23-17(13-7-2-1-3-8-13)21-12-6-11-16(20(21)26)22-18(24)14-9-4-5-10-15(14)19(22)25/h1-5,7-10,16H,6,11-12H2/t16-/m1/s1. The minimum absolute atomic E-state index is 0.284. The summed E-state index contributed by atoms with van der Waals surface area (Å²) in [5, 5.41) is 0. The summed E-state index contributed by atoms with van der Waals surface area (Å²) in [6.45, 7) is 0.284. The minimum Gasteiger partial charge on any atom is -0.277 e. The molecule has 0 bridgehead atoms. The van der Waals surface area contributed by atoms with Crippen molar-refractivity contribution in [2.24, 2.45) is 0 Å². The highest BCUT2D eigenvalue weighted by Gasteiger charge is 2.46. The molecular formula is C20H16N2O4. The Morgan fingerprint density at radius 2 is 1.42 bits per heavy atom. The Hall–Kier alpha value is -3.28. The van der Waals surface area contributed by atoms with Crippen molar-refractivity contribution in [2.75, 3.05) is 6.54 Å². The molecule has 0 N–H and O–H groups in total. The molecule has 1 fully saturated rings. The molecule has 0 unspecified atom stereocenters. The van der Waals surface area contributed by atoms with E-state index in [0.29, 0.717) is 29.5 Å². The van der Waals surface area contributed by atoms with Gasteiger partial charge in [0, 0.05) is 12.1 Å². The van der Waals surface area contributed by atoms with Crippen molar-refractivity contribution >= 4 is 23.6 Å². The van der Waals surface area contributed by atoms with Gasteiger partial charge in [0.05, 0.1) is 11.1 Å². The highest BCUT2D eigenvalue weighted by atomic mass is 16.2. The third kappa shape index (κ3) is 2.42. The van der Waals surface area contributed by atoms with Crippen molar-refractivity contribution in [3.63, 3.8) is 0 Å². The fraction of sp³-hybridized carbons (Fsp3) is 0.200. The van der Waals surface area contributed by atoms with Crippen LogP contribution in [0.3, 0.4) is 0 Å². The molecule has 130 valence electrons. The molecule has 2 aromatic rings. The molecule has 0 aliphatic carbocycles. The zero-order chi connectivity index (χ0) is 18.3. The number of piperidine rings is 1. The van der Waals surface area contributed by atoms with E-state index in [1.807, 2.05) is 0 Å². The number of carbonyl (C=O) groups is 4. The number of hydrogen-bond donors (Lipinski definition) is 0. The summed E-state index contributed by atoms with van der Waals surface area (Å²) < 4.78 is 0. The number of hydrogen-bond acceptors (Lipinski definition) is 4. The first-order valence-corrected chi connectivity index (χ1v) is 8.47. The van der Waals surface area contributed by atoms with Crippen molar-refractivity contribution < 1.29 is 19.2 Å². The molecule has 26 heavy (non-hydrogen) atoms. The average molecular weight is 348 g/mol. The Bertz CT molecular complexity index is 887. The predicted molar refractivity (Wildman–Crippen MR) is 92.4 cm³/mol. The van der Waals surface area contributed by atoms with Crippen LogP contribution in [-0.4, -0.2) is 46.0 Å². The minimum atomic E-state index is -0.941. The van der Waals surface area contributed by atoms with Crippen LogP contribution >= 0.6 is 0 Å². The van der Waals surface area contributed by atoms with E-state index < -0.39 is 29.7 Å². The Morgan fingerprint density at radius 1 is 0.846 bits per heavy atom. The third-order valence-corrected chi connectivity index (χ3v) is 4.81. The van der Waals surface area contributed by atoms with Crippen molar-refractivity contribution in [2.45, 2.75) is 18.9 Å². The van der Waals surface area contributed by atoms with Gasteiger partial charge in [0.2, 0.25) is 0 Å². The van der Waals surface area contributed by atoms with Crippen LogP contribution in [0.1, 0.15) is 43.9 Å². The van der Waals surface area contributed by atoms with E-state index >= 15 is 0 Å². The van der Waals surface area contributed by atoms with Gasteiger partial charge in [-0.2, -0.15) is 0 Å². The van der Waals surface area contributed by atoms with Crippen LogP contribution in [0.25, 0.3) is 0 Å². The van der Waals surface area contributed by atoms with Gasteiger partial charge in [-0.05, 0) is 37.1 Å². The molecule has 0 spiro atoms. The molecule has 1 atom stereocenters. The second kappa shape index (κ2) is 6.22. The molecule has 2 aromatic carbocycles. The average Bonchev–Trinajstić information content (AvgIpc) is 2.93. The normalized spacial score (nSPS) is 19.7. The summed E-state index contributed by atoms with van der Waals surface area (Å²) in [4.78, 5) is 53.1. The van der Waals surface area contributed by atoms with Gasteiger partial charge >= 0.3 is 0 Å². The summed E-state index contributed by atoms with van der Waals surface area (Å²) >= 11 is 0. The quantitative estimate of drug-likeness (QED) is 0.779. The second-order valence-electron chi connectivity index (χ2n) is 6.34. The van der Waals surface area contributed by atoms with E-state index in [-0.39, 0.29) is 6.54 Å². The number of nitrogens with zero attached hydrogens (tertiary/aromatic N) is 2. The van der Waals surface area contributed by atoms with Gasteiger partial charge in [-0.1, -0.05) is 30.3 Å². The summed E-state index contributed by atoms with van der Waals surface area (Å²) in [5.74, 6) is -1.85. The largest absolute Gasteiger partial charge is 0.277 e. The zero-order valence-corrected chi connectivity index (χ0v) is 13.9. The van der Waals surface area contributed by atoms with Crippen molar-refractivity contribution in [1.29, 1.82) is 0 Å². The third-order valence-electron chi connectivity index (χ3n) is 4.81. The summed E-state index contributed by atoms with van der Waals surface area (Å²) in [6, 6.07) is 14.1. The van der Waals surface area contributed by atoms with E-state index in [4.69, 9.17) is 0 Å². The fourth-order valence-corrected chi connectivity index (χ4v) is 3.52. The first-order chi connectivity index (χ1) is 12.6. The highest BCUT2D eigenvalue weighted by molar-refractivity contribution is 6.23. The lowest BCUT2D eigenvalue weighted by atomic mass is 10.0. The Kier molecular flexibility index (Phi) is 3.88. The maximum Gasteiger partial charge on any atom is 0.262 e. The van der Waals surface area contributed by atoms with Gasteiger partial charge in [-0.3, -0.25) is 29.0 Å². The molecule has 1 saturated heterocycles. The van der Waals surface area contributed by atoms with E-state index in [2.05, 4.69) is 0 Å². The van der Waals surface area contributed by atoms with Gasteiger partial charge < -0.3 is 0 Å². The van der Waals surface area contributed by atoms with E-state index in [0.717, 1.165) is 9.80 Å². The van der Waals surface area contributed by atoms with E-state index in [1.165, 1.54) is 0 Å². The first kappa shape index (κ1) is 16.2. The number of carbonyl (C=O) groups excluding carboxylic acids is 4. The molecule has 4 rings (SSSR count). The Labute approximate surface area is 150 Å². The van der Waals surface area contributed by atoms with Gasteiger partial charge in [0.25, 0.3) is 23.6 Å². The number of rotatable bonds is 2. The molecule has 6 nitrogen and oxygen atoms in total.